The minimum Gasteiger partial charge on any atom is -0.385 e. The molecule has 22 heavy (non-hydrogen) atoms. The zero-order valence-electron chi connectivity index (χ0n) is 11.5. The predicted molar refractivity (Wildman–Crippen MR) is 83.3 cm³/mol. The first-order valence-corrected chi connectivity index (χ1v) is 7.63. The van der Waals surface area contributed by atoms with E-state index >= 15 is 0 Å². The number of hydrogen-bond donors (Lipinski definition) is 1. The van der Waals surface area contributed by atoms with Gasteiger partial charge in [0.25, 0.3) is 0 Å². The Morgan fingerprint density at radius 3 is 2.55 bits per heavy atom. The van der Waals surface area contributed by atoms with E-state index < -0.39 is 11.7 Å². The smallest absolute Gasteiger partial charge is 0.385 e. The van der Waals surface area contributed by atoms with Gasteiger partial charge < -0.3 is 5.32 Å². The lowest BCUT2D eigenvalue weighted by Crippen LogP contribution is -2.07. The van der Waals surface area contributed by atoms with Crippen LogP contribution in [0.4, 0.5) is 18.9 Å². The van der Waals surface area contributed by atoms with E-state index in [0.717, 1.165) is 33.6 Å². The number of alkyl halides is 3. The van der Waals surface area contributed by atoms with Gasteiger partial charge >= 0.3 is 6.18 Å². The number of thiazole rings is 1. The lowest BCUT2D eigenvalue weighted by molar-refractivity contribution is -0.137. The number of anilines is 1. The van der Waals surface area contributed by atoms with Gasteiger partial charge in [0.15, 0.2) is 0 Å². The SMILES string of the molecule is FC(F)(F)c1ccc(CCNc2ccc3ncsc3c2)cc1. The Hall–Kier alpha value is -2.08. The van der Waals surface area contributed by atoms with Crippen LogP contribution in [0.25, 0.3) is 10.2 Å². The number of fused-ring (bicyclic) bond motifs is 1. The first-order chi connectivity index (χ1) is 10.5. The van der Waals surface area contributed by atoms with E-state index in [2.05, 4.69) is 10.3 Å². The number of halogens is 3. The van der Waals surface area contributed by atoms with Crippen LogP contribution in [0.2, 0.25) is 0 Å². The number of hydrogen-bond acceptors (Lipinski definition) is 3. The molecule has 0 aliphatic rings. The standard InChI is InChI=1S/C16H13F3N2S/c17-16(18,19)12-3-1-11(2-4-12)7-8-20-13-5-6-14-15(9-13)22-10-21-14/h1-6,9-10,20H,7-8H2. The van der Waals surface area contributed by atoms with Gasteiger partial charge in [-0.25, -0.2) is 4.98 Å². The van der Waals surface area contributed by atoms with Gasteiger partial charge in [0.1, 0.15) is 0 Å². The summed E-state index contributed by atoms with van der Waals surface area (Å²) in [5, 5.41) is 3.28. The van der Waals surface area contributed by atoms with E-state index in [1.165, 1.54) is 12.1 Å². The molecule has 2 aromatic carbocycles. The van der Waals surface area contributed by atoms with Crippen LogP contribution in [0.5, 0.6) is 0 Å². The maximum Gasteiger partial charge on any atom is 0.416 e. The molecule has 0 aliphatic heterocycles. The first kappa shape index (κ1) is 14.8. The third kappa shape index (κ3) is 3.39. The van der Waals surface area contributed by atoms with Crippen LogP contribution in [0, 0.1) is 0 Å². The maximum atomic E-state index is 12.5. The van der Waals surface area contributed by atoms with Crippen LogP contribution in [0.3, 0.4) is 0 Å². The molecule has 0 saturated heterocycles. The Bertz CT molecular complexity index is 763. The van der Waals surface area contributed by atoms with Crippen molar-refractivity contribution < 1.29 is 13.2 Å². The van der Waals surface area contributed by atoms with Gasteiger partial charge in [0.05, 0.1) is 21.3 Å². The van der Waals surface area contributed by atoms with E-state index in [0.29, 0.717) is 13.0 Å². The lowest BCUT2D eigenvalue weighted by atomic mass is 10.1. The largest absolute Gasteiger partial charge is 0.416 e. The monoisotopic (exact) mass is 322 g/mol. The average Bonchev–Trinajstić information content (AvgIpc) is 2.94. The van der Waals surface area contributed by atoms with Crippen LogP contribution in [-0.4, -0.2) is 11.5 Å². The topological polar surface area (TPSA) is 24.9 Å². The number of nitrogens with one attached hydrogen (secondary N) is 1. The fraction of sp³-hybridized carbons (Fsp3) is 0.188. The number of nitrogens with zero attached hydrogens (tertiary/aromatic N) is 1. The third-order valence-corrected chi connectivity index (χ3v) is 4.15. The molecule has 0 spiro atoms. The second-order valence-electron chi connectivity index (χ2n) is 4.91. The fourth-order valence-corrected chi connectivity index (χ4v) is 2.89. The molecule has 6 heteroatoms. The van der Waals surface area contributed by atoms with Crippen molar-refractivity contribution in [3.05, 3.63) is 59.1 Å². The summed E-state index contributed by atoms with van der Waals surface area (Å²) in [5.41, 5.74) is 4.03. The van der Waals surface area contributed by atoms with E-state index in [1.54, 1.807) is 16.8 Å². The lowest BCUT2D eigenvalue weighted by Gasteiger charge is -2.09. The molecular formula is C16H13F3N2S. The summed E-state index contributed by atoms with van der Waals surface area (Å²) < 4.78 is 38.5. The molecule has 0 bridgehead atoms. The van der Waals surface area contributed by atoms with Crippen LogP contribution >= 0.6 is 11.3 Å². The molecule has 0 unspecified atom stereocenters. The second-order valence-corrected chi connectivity index (χ2v) is 5.79. The molecule has 3 aromatic rings. The molecule has 3 rings (SSSR count). The number of benzene rings is 2. The van der Waals surface area contributed by atoms with E-state index in [9.17, 15) is 13.2 Å². The minimum absolute atomic E-state index is 0.611. The Morgan fingerprint density at radius 2 is 1.82 bits per heavy atom. The Balaban J connectivity index is 1.58. The highest BCUT2D eigenvalue weighted by Gasteiger charge is 2.29. The van der Waals surface area contributed by atoms with Crippen LogP contribution in [0.15, 0.2) is 48.0 Å². The van der Waals surface area contributed by atoms with Gasteiger partial charge in [-0.2, -0.15) is 13.2 Å². The molecule has 114 valence electrons. The van der Waals surface area contributed by atoms with Crippen molar-refractivity contribution in [1.82, 2.24) is 4.98 Å². The van der Waals surface area contributed by atoms with Crippen LogP contribution in [0.1, 0.15) is 11.1 Å². The molecule has 0 fully saturated rings. The molecular weight excluding hydrogens is 309 g/mol. The van der Waals surface area contributed by atoms with Crippen molar-refractivity contribution in [3.8, 4) is 0 Å². The summed E-state index contributed by atoms with van der Waals surface area (Å²) in [6, 6.07) is 11.2. The molecule has 1 heterocycles. The van der Waals surface area contributed by atoms with Gasteiger partial charge in [0, 0.05) is 12.2 Å². The Labute approximate surface area is 129 Å². The molecule has 1 aromatic heterocycles. The van der Waals surface area contributed by atoms with Crippen molar-refractivity contribution in [2.45, 2.75) is 12.6 Å². The van der Waals surface area contributed by atoms with E-state index in [-0.39, 0.29) is 0 Å². The predicted octanol–water partition coefficient (Wildman–Crippen LogP) is 4.97. The summed E-state index contributed by atoms with van der Waals surface area (Å²) in [4.78, 5) is 4.21. The molecule has 0 atom stereocenters. The van der Waals surface area contributed by atoms with E-state index in [1.807, 2.05) is 18.2 Å². The van der Waals surface area contributed by atoms with E-state index in [4.69, 9.17) is 0 Å². The van der Waals surface area contributed by atoms with Gasteiger partial charge in [-0.05, 0) is 42.3 Å². The van der Waals surface area contributed by atoms with Gasteiger partial charge in [-0.3, -0.25) is 0 Å². The summed E-state index contributed by atoms with van der Waals surface area (Å²) in [6.45, 7) is 0.662. The molecule has 1 N–H and O–H groups in total. The highest BCUT2D eigenvalue weighted by Crippen LogP contribution is 2.29. The zero-order chi connectivity index (χ0) is 15.6. The molecule has 0 saturated carbocycles. The normalized spacial score (nSPS) is 11.8. The summed E-state index contributed by atoms with van der Waals surface area (Å²) in [7, 11) is 0. The maximum absolute atomic E-state index is 12.5. The highest BCUT2D eigenvalue weighted by atomic mass is 32.1. The molecule has 0 radical (unpaired) electrons. The zero-order valence-corrected chi connectivity index (χ0v) is 12.3. The summed E-state index contributed by atoms with van der Waals surface area (Å²) >= 11 is 1.58. The molecule has 0 amide bonds. The van der Waals surface area contributed by atoms with Crippen molar-refractivity contribution in [3.63, 3.8) is 0 Å². The average molecular weight is 322 g/mol. The summed E-state index contributed by atoms with van der Waals surface area (Å²) in [6.07, 6.45) is -3.61. The van der Waals surface area contributed by atoms with Crippen LogP contribution < -0.4 is 5.32 Å². The fourth-order valence-electron chi connectivity index (χ4n) is 2.18. The first-order valence-electron chi connectivity index (χ1n) is 6.76. The minimum atomic E-state index is -4.28. The molecule has 0 aliphatic carbocycles. The Morgan fingerprint density at radius 1 is 1.05 bits per heavy atom. The highest BCUT2D eigenvalue weighted by molar-refractivity contribution is 7.16. The second kappa shape index (κ2) is 5.96. The molecule has 2 nitrogen and oxygen atoms in total. The van der Waals surface area contributed by atoms with Crippen molar-refractivity contribution in [1.29, 1.82) is 0 Å². The number of rotatable bonds is 4. The van der Waals surface area contributed by atoms with Gasteiger partial charge in [0.2, 0.25) is 0 Å². The van der Waals surface area contributed by atoms with Crippen LogP contribution in [-0.2, 0) is 12.6 Å². The summed E-state index contributed by atoms with van der Waals surface area (Å²) in [5.74, 6) is 0. The Kier molecular flexibility index (Phi) is 4.02. The number of aromatic nitrogens is 1. The van der Waals surface area contributed by atoms with Crippen molar-refractivity contribution >= 4 is 27.2 Å². The van der Waals surface area contributed by atoms with Crippen molar-refractivity contribution in [2.75, 3.05) is 11.9 Å². The van der Waals surface area contributed by atoms with Gasteiger partial charge in [-0.1, -0.05) is 12.1 Å². The third-order valence-electron chi connectivity index (χ3n) is 3.36. The van der Waals surface area contributed by atoms with Crippen molar-refractivity contribution in [2.24, 2.45) is 0 Å². The van der Waals surface area contributed by atoms with Gasteiger partial charge in [-0.15, -0.1) is 11.3 Å². The quantitative estimate of drug-likeness (QED) is 0.733.